The zero-order chi connectivity index (χ0) is 18.2. The summed E-state index contributed by atoms with van der Waals surface area (Å²) < 4.78 is 0. The molecule has 0 saturated heterocycles. The van der Waals surface area contributed by atoms with Crippen molar-refractivity contribution < 1.29 is 24.9 Å². The first-order chi connectivity index (χ1) is 12.0. The minimum atomic E-state index is -1.11. The summed E-state index contributed by atoms with van der Waals surface area (Å²) in [6.07, 6.45) is 1.71. The number of benzene rings is 2. The van der Waals surface area contributed by atoms with E-state index in [0.717, 1.165) is 17.6 Å². The first-order valence-corrected chi connectivity index (χ1v) is 7.77. The summed E-state index contributed by atoms with van der Waals surface area (Å²) in [6, 6.07) is 15.9. The topological polar surface area (TPSA) is 111 Å². The molecule has 6 heteroatoms. The lowest BCUT2D eigenvalue weighted by Gasteiger charge is -1.95. The third-order valence-corrected chi connectivity index (χ3v) is 3.56. The highest BCUT2D eigenvalue weighted by Crippen LogP contribution is 2.16. The molecule has 1 aromatic heterocycles. The van der Waals surface area contributed by atoms with Gasteiger partial charge in [-0.05, 0) is 42.5 Å². The van der Waals surface area contributed by atoms with Crippen LogP contribution >= 0.6 is 0 Å². The molecule has 1 heterocycles. The zero-order valence-corrected chi connectivity index (χ0v) is 13.5. The van der Waals surface area contributed by atoms with E-state index in [-0.39, 0.29) is 17.7 Å². The van der Waals surface area contributed by atoms with Crippen LogP contribution in [0, 0.1) is 0 Å². The number of nitrogens with one attached hydrogen (secondary N) is 1. The fourth-order valence-corrected chi connectivity index (χ4v) is 2.35. The van der Waals surface area contributed by atoms with Gasteiger partial charge in [-0.25, -0.2) is 4.79 Å². The van der Waals surface area contributed by atoms with Gasteiger partial charge in [-0.15, -0.1) is 0 Å². The van der Waals surface area contributed by atoms with Crippen molar-refractivity contribution in [1.29, 1.82) is 0 Å². The Labute approximate surface area is 144 Å². The average Bonchev–Trinajstić information content (AvgIpc) is 2.98. The third kappa shape index (κ3) is 5.39. The average molecular weight is 341 g/mol. The van der Waals surface area contributed by atoms with E-state index in [4.69, 9.17) is 15.3 Å². The number of aromatic hydroxyl groups is 1. The number of rotatable bonds is 5. The van der Waals surface area contributed by atoms with Gasteiger partial charge in [0, 0.05) is 17.6 Å². The minimum absolute atomic E-state index is 0.0671. The zero-order valence-electron chi connectivity index (χ0n) is 13.5. The molecule has 0 spiro atoms. The molecular weight excluding hydrogens is 322 g/mol. The van der Waals surface area contributed by atoms with E-state index in [1.807, 2.05) is 24.3 Å². The van der Waals surface area contributed by atoms with Crippen LogP contribution in [0.5, 0.6) is 5.75 Å². The van der Waals surface area contributed by atoms with Crippen LogP contribution in [0.3, 0.4) is 0 Å². The Hall–Kier alpha value is -3.28. The minimum Gasteiger partial charge on any atom is -0.507 e. The van der Waals surface area contributed by atoms with Crippen LogP contribution in [0.2, 0.25) is 0 Å². The summed E-state index contributed by atoms with van der Waals surface area (Å²) in [4.78, 5) is 23.9. The number of phenols is 1. The standard InChI is InChI=1S/C12H13NO2.C7H6O3/c14-12(15)7-3-5-10-8-9-4-1-2-6-11(9)13-10;8-6-4-2-1-3-5(6)7(9)10/h1-2,4,6,8,13H,3,5,7H2,(H,14,15);1-4,8H,(H,9,10). The van der Waals surface area contributed by atoms with Gasteiger partial charge in [-0.3, -0.25) is 4.79 Å². The molecule has 4 N–H and O–H groups in total. The van der Waals surface area contributed by atoms with Crippen molar-refractivity contribution in [3.63, 3.8) is 0 Å². The van der Waals surface area contributed by atoms with Gasteiger partial charge in [-0.2, -0.15) is 0 Å². The van der Waals surface area contributed by atoms with E-state index in [2.05, 4.69) is 11.1 Å². The lowest BCUT2D eigenvalue weighted by molar-refractivity contribution is -0.137. The molecule has 6 nitrogen and oxygen atoms in total. The van der Waals surface area contributed by atoms with Gasteiger partial charge >= 0.3 is 11.9 Å². The molecule has 3 aromatic rings. The van der Waals surface area contributed by atoms with E-state index >= 15 is 0 Å². The molecule has 0 unspecified atom stereocenters. The quantitative estimate of drug-likeness (QED) is 0.566. The van der Waals surface area contributed by atoms with E-state index < -0.39 is 11.9 Å². The van der Waals surface area contributed by atoms with Gasteiger partial charge in [-0.1, -0.05) is 30.3 Å². The second-order valence-corrected chi connectivity index (χ2v) is 5.45. The fraction of sp³-hybridized carbons (Fsp3) is 0.158. The number of aromatic carboxylic acids is 1. The summed E-state index contributed by atoms with van der Waals surface area (Å²) >= 11 is 0. The molecule has 0 atom stereocenters. The predicted molar refractivity (Wildman–Crippen MR) is 93.9 cm³/mol. The molecule has 0 aliphatic rings. The number of fused-ring (bicyclic) bond motifs is 1. The van der Waals surface area contributed by atoms with Crippen molar-refractivity contribution >= 4 is 22.8 Å². The second-order valence-electron chi connectivity index (χ2n) is 5.45. The van der Waals surface area contributed by atoms with Gasteiger partial charge in [0.1, 0.15) is 11.3 Å². The Balaban J connectivity index is 0.000000196. The number of aromatic amines is 1. The van der Waals surface area contributed by atoms with Crippen molar-refractivity contribution in [3.05, 3.63) is 65.9 Å². The molecule has 0 aliphatic carbocycles. The molecule has 25 heavy (non-hydrogen) atoms. The molecular formula is C19H19NO5. The molecule has 2 aromatic carbocycles. The van der Waals surface area contributed by atoms with Gasteiger partial charge < -0.3 is 20.3 Å². The van der Waals surface area contributed by atoms with E-state index in [1.165, 1.54) is 17.5 Å². The van der Waals surface area contributed by atoms with Crippen molar-refractivity contribution in [1.82, 2.24) is 4.98 Å². The molecule has 130 valence electrons. The van der Waals surface area contributed by atoms with Gasteiger partial charge in [0.25, 0.3) is 0 Å². The molecule has 0 aliphatic heterocycles. The fourth-order valence-electron chi connectivity index (χ4n) is 2.35. The maximum absolute atomic E-state index is 10.4. The first kappa shape index (κ1) is 18.1. The van der Waals surface area contributed by atoms with Crippen LogP contribution in [0.25, 0.3) is 10.9 Å². The van der Waals surface area contributed by atoms with Crippen LogP contribution in [-0.2, 0) is 11.2 Å². The van der Waals surface area contributed by atoms with Gasteiger partial charge in [0.15, 0.2) is 0 Å². The van der Waals surface area contributed by atoms with E-state index in [1.54, 1.807) is 12.1 Å². The van der Waals surface area contributed by atoms with Crippen molar-refractivity contribution in [2.45, 2.75) is 19.3 Å². The molecule has 0 amide bonds. The maximum atomic E-state index is 10.4. The van der Waals surface area contributed by atoms with Crippen molar-refractivity contribution in [2.75, 3.05) is 0 Å². The van der Waals surface area contributed by atoms with Crippen molar-refractivity contribution in [2.24, 2.45) is 0 Å². The largest absolute Gasteiger partial charge is 0.507 e. The Morgan fingerprint density at radius 1 is 0.960 bits per heavy atom. The highest BCUT2D eigenvalue weighted by molar-refractivity contribution is 5.90. The summed E-state index contributed by atoms with van der Waals surface area (Å²) in [5.74, 6) is -2.04. The number of aromatic nitrogens is 1. The van der Waals surface area contributed by atoms with Crippen LogP contribution in [0.15, 0.2) is 54.6 Å². The second kappa shape index (κ2) is 8.54. The molecule has 0 fully saturated rings. The SMILES string of the molecule is O=C(O)CCCc1cc2ccccc2[nH]1.O=C(O)c1ccccc1O. The number of para-hydroxylation sites is 2. The number of H-pyrrole nitrogens is 1. The van der Waals surface area contributed by atoms with E-state index in [0.29, 0.717) is 6.42 Å². The summed E-state index contributed by atoms with van der Waals surface area (Å²) in [5.41, 5.74) is 2.16. The van der Waals surface area contributed by atoms with Gasteiger partial charge in [0.2, 0.25) is 0 Å². The number of hydrogen-bond acceptors (Lipinski definition) is 3. The maximum Gasteiger partial charge on any atom is 0.339 e. The lowest BCUT2D eigenvalue weighted by atomic mass is 10.2. The number of aliphatic carboxylic acids is 1. The normalized spacial score (nSPS) is 10.1. The van der Waals surface area contributed by atoms with Crippen LogP contribution in [-0.4, -0.2) is 32.2 Å². The Morgan fingerprint density at radius 3 is 2.24 bits per heavy atom. The Morgan fingerprint density at radius 2 is 1.64 bits per heavy atom. The molecule has 0 bridgehead atoms. The predicted octanol–water partition coefficient (Wildman–Crippen LogP) is 3.67. The Bertz CT molecular complexity index is 836. The highest BCUT2D eigenvalue weighted by atomic mass is 16.4. The third-order valence-electron chi connectivity index (χ3n) is 3.56. The van der Waals surface area contributed by atoms with Crippen molar-refractivity contribution in [3.8, 4) is 5.75 Å². The first-order valence-electron chi connectivity index (χ1n) is 7.77. The highest BCUT2D eigenvalue weighted by Gasteiger charge is 2.05. The summed E-state index contributed by atoms with van der Waals surface area (Å²) in [5, 5.41) is 27.0. The summed E-state index contributed by atoms with van der Waals surface area (Å²) in [6.45, 7) is 0. The number of hydrogen-bond donors (Lipinski definition) is 4. The number of carboxylic acid groups (broad SMARTS) is 2. The lowest BCUT2D eigenvalue weighted by Crippen LogP contribution is -1.95. The summed E-state index contributed by atoms with van der Waals surface area (Å²) in [7, 11) is 0. The smallest absolute Gasteiger partial charge is 0.339 e. The number of carboxylic acids is 2. The molecule has 3 rings (SSSR count). The molecule has 0 saturated carbocycles. The monoisotopic (exact) mass is 341 g/mol. The van der Waals surface area contributed by atoms with Crippen LogP contribution < -0.4 is 0 Å². The van der Waals surface area contributed by atoms with Crippen LogP contribution in [0.4, 0.5) is 0 Å². The Kier molecular flexibility index (Phi) is 6.17. The van der Waals surface area contributed by atoms with Crippen LogP contribution in [0.1, 0.15) is 28.9 Å². The number of carbonyl (C=O) groups is 2. The molecule has 0 radical (unpaired) electrons. The van der Waals surface area contributed by atoms with E-state index in [9.17, 15) is 9.59 Å². The number of aryl methyl sites for hydroxylation is 1. The van der Waals surface area contributed by atoms with Gasteiger partial charge in [0.05, 0.1) is 0 Å².